The molecule has 0 unspecified atom stereocenters. The molecule has 0 spiro atoms. The predicted octanol–water partition coefficient (Wildman–Crippen LogP) is 4.18. The second-order valence-electron chi connectivity index (χ2n) is 6.70. The molecule has 1 aliphatic rings. The molecule has 0 aliphatic carbocycles. The predicted molar refractivity (Wildman–Crippen MR) is 101 cm³/mol. The molecule has 5 nitrogen and oxygen atoms in total. The highest BCUT2D eigenvalue weighted by atomic mass is 16.5. The number of H-pyrrole nitrogens is 1. The van der Waals surface area contributed by atoms with Crippen LogP contribution in [0.1, 0.15) is 28.9 Å². The summed E-state index contributed by atoms with van der Waals surface area (Å²) in [7, 11) is 0. The van der Waals surface area contributed by atoms with E-state index in [9.17, 15) is 4.79 Å². The van der Waals surface area contributed by atoms with Gasteiger partial charge < -0.3 is 19.8 Å². The first-order chi connectivity index (χ1) is 12.7. The van der Waals surface area contributed by atoms with Crippen LogP contribution in [0.15, 0.2) is 48.5 Å². The first kappa shape index (κ1) is 16.7. The molecule has 2 aromatic carbocycles. The van der Waals surface area contributed by atoms with Crippen molar-refractivity contribution in [1.29, 1.82) is 0 Å². The van der Waals surface area contributed by atoms with E-state index in [1.54, 1.807) is 0 Å². The number of fused-ring (bicyclic) bond motifs is 1. The molecule has 1 fully saturated rings. The number of rotatable bonds is 5. The Balaban J connectivity index is 1.47. The second-order valence-corrected chi connectivity index (χ2v) is 6.70. The summed E-state index contributed by atoms with van der Waals surface area (Å²) in [5.74, 6) is 1.43. The second kappa shape index (κ2) is 7.22. The van der Waals surface area contributed by atoms with Gasteiger partial charge in [0.1, 0.15) is 17.2 Å². The maximum absolute atomic E-state index is 12.4. The Labute approximate surface area is 152 Å². The van der Waals surface area contributed by atoms with Crippen molar-refractivity contribution < 1.29 is 14.3 Å². The van der Waals surface area contributed by atoms with Gasteiger partial charge >= 0.3 is 0 Å². The summed E-state index contributed by atoms with van der Waals surface area (Å²) in [6.45, 7) is 3.37. The van der Waals surface area contributed by atoms with Crippen molar-refractivity contribution in [2.24, 2.45) is 0 Å². The molecule has 0 saturated carbocycles. The number of nitrogens with one attached hydrogen (secondary N) is 2. The minimum Gasteiger partial charge on any atom is -0.457 e. The summed E-state index contributed by atoms with van der Waals surface area (Å²) in [4.78, 5) is 15.5. The highest BCUT2D eigenvalue weighted by Crippen LogP contribution is 2.26. The molecule has 26 heavy (non-hydrogen) atoms. The van der Waals surface area contributed by atoms with E-state index in [1.807, 2.05) is 55.5 Å². The van der Waals surface area contributed by atoms with E-state index in [1.165, 1.54) is 0 Å². The van der Waals surface area contributed by atoms with Crippen LogP contribution in [0.3, 0.4) is 0 Å². The molecule has 134 valence electrons. The zero-order valence-electron chi connectivity index (χ0n) is 14.7. The monoisotopic (exact) mass is 350 g/mol. The summed E-state index contributed by atoms with van der Waals surface area (Å²) in [6.07, 6.45) is 2.21. The van der Waals surface area contributed by atoms with Crippen LogP contribution < -0.4 is 10.1 Å². The summed E-state index contributed by atoms with van der Waals surface area (Å²) >= 11 is 0. The largest absolute Gasteiger partial charge is 0.457 e. The summed E-state index contributed by atoms with van der Waals surface area (Å²) in [5, 5.41) is 3.88. The SMILES string of the molecule is Cc1cccc(Oc2ccc3[nH]c(C(=O)NC[C@@H]4CCCO4)cc3c2)c1. The van der Waals surface area contributed by atoms with Gasteiger partial charge in [0, 0.05) is 24.1 Å². The number of aromatic nitrogens is 1. The fourth-order valence-electron chi connectivity index (χ4n) is 3.22. The van der Waals surface area contributed by atoms with Gasteiger partial charge in [0.05, 0.1) is 6.10 Å². The van der Waals surface area contributed by atoms with E-state index in [0.717, 1.165) is 47.4 Å². The standard InChI is InChI=1S/C21H22N2O3/c1-14-4-2-5-16(10-14)26-17-7-8-19-15(11-17)12-20(23-19)21(24)22-13-18-6-3-9-25-18/h2,4-5,7-8,10-12,18,23H,3,6,9,13H2,1H3,(H,22,24)/t18-/m0/s1. The van der Waals surface area contributed by atoms with Gasteiger partial charge in [-0.2, -0.15) is 0 Å². The Morgan fingerprint density at radius 3 is 2.92 bits per heavy atom. The van der Waals surface area contributed by atoms with Gasteiger partial charge in [-0.15, -0.1) is 0 Å². The van der Waals surface area contributed by atoms with E-state index >= 15 is 0 Å². The maximum atomic E-state index is 12.4. The van der Waals surface area contributed by atoms with Crippen molar-refractivity contribution in [3.8, 4) is 11.5 Å². The van der Waals surface area contributed by atoms with Crippen molar-refractivity contribution in [2.45, 2.75) is 25.9 Å². The molecular weight excluding hydrogens is 328 g/mol. The molecule has 2 N–H and O–H groups in total. The average Bonchev–Trinajstić information content (AvgIpc) is 3.29. The highest BCUT2D eigenvalue weighted by Gasteiger charge is 2.17. The fourth-order valence-corrected chi connectivity index (χ4v) is 3.22. The lowest BCUT2D eigenvalue weighted by Gasteiger charge is -2.09. The Bertz CT molecular complexity index is 926. The van der Waals surface area contributed by atoms with E-state index in [2.05, 4.69) is 10.3 Å². The molecule has 4 rings (SSSR count). The maximum Gasteiger partial charge on any atom is 0.267 e. The summed E-state index contributed by atoms with van der Waals surface area (Å²) in [5.41, 5.74) is 2.60. The first-order valence-corrected chi connectivity index (χ1v) is 8.94. The minimum atomic E-state index is -0.113. The Kier molecular flexibility index (Phi) is 4.63. The zero-order valence-corrected chi connectivity index (χ0v) is 14.7. The van der Waals surface area contributed by atoms with Crippen LogP contribution in [0, 0.1) is 6.92 Å². The minimum absolute atomic E-state index is 0.113. The highest BCUT2D eigenvalue weighted by molar-refractivity contribution is 5.98. The van der Waals surface area contributed by atoms with Crippen molar-refractivity contribution in [2.75, 3.05) is 13.2 Å². The van der Waals surface area contributed by atoms with Crippen LogP contribution in [0.2, 0.25) is 0 Å². The van der Waals surface area contributed by atoms with E-state index < -0.39 is 0 Å². The number of ether oxygens (including phenoxy) is 2. The smallest absolute Gasteiger partial charge is 0.267 e. The van der Waals surface area contributed by atoms with Gasteiger partial charge in [-0.1, -0.05) is 12.1 Å². The number of aromatic amines is 1. The van der Waals surface area contributed by atoms with Crippen molar-refractivity contribution >= 4 is 16.8 Å². The van der Waals surface area contributed by atoms with Crippen LogP contribution in [0.25, 0.3) is 10.9 Å². The number of hydrogen-bond acceptors (Lipinski definition) is 3. The molecule has 1 aliphatic heterocycles. The lowest BCUT2D eigenvalue weighted by atomic mass is 10.2. The van der Waals surface area contributed by atoms with Gasteiger partial charge in [-0.25, -0.2) is 0 Å². The van der Waals surface area contributed by atoms with Gasteiger partial charge in [-0.05, 0) is 61.7 Å². The van der Waals surface area contributed by atoms with Crippen LogP contribution in [-0.4, -0.2) is 30.1 Å². The molecule has 3 aromatic rings. The Morgan fingerprint density at radius 1 is 1.23 bits per heavy atom. The van der Waals surface area contributed by atoms with E-state index in [4.69, 9.17) is 9.47 Å². The topological polar surface area (TPSA) is 63.4 Å². The molecule has 0 radical (unpaired) electrons. The van der Waals surface area contributed by atoms with Crippen LogP contribution >= 0.6 is 0 Å². The number of aryl methyl sites for hydroxylation is 1. The van der Waals surface area contributed by atoms with Crippen LogP contribution in [0.4, 0.5) is 0 Å². The lowest BCUT2D eigenvalue weighted by molar-refractivity contribution is 0.0854. The third-order valence-corrected chi connectivity index (χ3v) is 4.58. The van der Waals surface area contributed by atoms with Crippen LogP contribution in [0.5, 0.6) is 11.5 Å². The number of benzene rings is 2. The first-order valence-electron chi connectivity index (χ1n) is 8.94. The number of carbonyl (C=O) groups is 1. The normalized spacial score (nSPS) is 16.7. The van der Waals surface area contributed by atoms with E-state index in [-0.39, 0.29) is 12.0 Å². The summed E-state index contributed by atoms with van der Waals surface area (Å²) in [6, 6.07) is 15.5. The molecular formula is C21H22N2O3. The molecule has 1 atom stereocenters. The third-order valence-electron chi connectivity index (χ3n) is 4.58. The Hall–Kier alpha value is -2.79. The molecule has 0 bridgehead atoms. The van der Waals surface area contributed by atoms with E-state index in [0.29, 0.717) is 12.2 Å². The number of carbonyl (C=O) groups excluding carboxylic acids is 1. The molecule has 1 aromatic heterocycles. The number of hydrogen-bond donors (Lipinski definition) is 2. The van der Waals surface area contributed by atoms with Gasteiger partial charge in [0.25, 0.3) is 5.91 Å². The van der Waals surface area contributed by atoms with Crippen molar-refractivity contribution in [3.05, 3.63) is 59.8 Å². The van der Waals surface area contributed by atoms with Gasteiger partial charge in [0.15, 0.2) is 0 Å². The quantitative estimate of drug-likeness (QED) is 0.726. The fraction of sp³-hybridized carbons (Fsp3) is 0.286. The van der Waals surface area contributed by atoms with Gasteiger partial charge in [-0.3, -0.25) is 4.79 Å². The van der Waals surface area contributed by atoms with Crippen molar-refractivity contribution in [3.63, 3.8) is 0 Å². The molecule has 2 heterocycles. The Morgan fingerprint density at radius 2 is 2.12 bits per heavy atom. The van der Waals surface area contributed by atoms with Crippen molar-refractivity contribution in [1.82, 2.24) is 10.3 Å². The third kappa shape index (κ3) is 3.73. The summed E-state index contributed by atoms with van der Waals surface area (Å²) < 4.78 is 11.5. The lowest BCUT2D eigenvalue weighted by Crippen LogP contribution is -2.31. The van der Waals surface area contributed by atoms with Crippen LogP contribution in [-0.2, 0) is 4.74 Å². The zero-order chi connectivity index (χ0) is 17.9. The molecule has 1 saturated heterocycles. The molecule has 5 heteroatoms. The molecule has 1 amide bonds. The number of amides is 1. The average molecular weight is 350 g/mol. The van der Waals surface area contributed by atoms with Gasteiger partial charge in [0.2, 0.25) is 0 Å².